The molecule has 0 saturated heterocycles. The maximum Gasteiger partial charge on any atom is 0.153 e. The highest BCUT2D eigenvalue weighted by Gasteiger charge is 2.15. The molecule has 3 nitrogen and oxygen atoms in total. The molecule has 0 aliphatic carbocycles. The first kappa shape index (κ1) is 13.3. The second-order valence-corrected chi connectivity index (χ2v) is 4.60. The van der Waals surface area contributed by atoms with Crippen LogP contribution in [-0.4, -0.2) is 11.2 Å². The van der Waals surface area contributed by atoms with E-state index in [4.69, 9.17) is 4.42 Å². The molecule has 0 bridgehead atoms. The SMILES string of the molecule is CC=Nc1c(/C=C\C)oc2c(-c3ccccn3)cccc12. The van der Waals surface area contributed by atoms with Crippen LogP contribution in [0.4, 0.5) is 5.69 Å². The van der Waals surface area contributed by atoms with Crippen molar-refractivity contribution in [3.63, 3.8) is 0 Å². The maximum absolute atomic E-state index is 6.04. The van der Waals surface area contributed by atoms with E-state index in [2.05, 4.69) is 9.98 Å². The predicted octanol–water partition coefficient (Wildman–Crippen LogP) is 5.25. The van der Waals surface area contributed by atoms with Gasteiger partial charge in [-0.2, -0.15) is 0 Å². The highest BCUT2D eigenvalue weighted by molar-refractivity contribution is 6.01. The number of aliphatic imine (C=N–C) groups is 1. The van der Waals surface area contributed by atoms with Gasteiger partial charge in [-0.15, -0.1) is 0 Å². The van der Waals surface area contributed by atoms with Crippen LogP contribution < -0.4 is 0 Å². The number of furan rings is 1. The lowest BCUT2D eigenvalue weighted by Crippen LogP contribution is -1.81. The van der Waals surface area contributed by atoms with E-state index in [-0.39, 0.29) is 0 Å². The van der Waals surface area contributed by atoms with Crippen molar-refractivity contribution in [2.45, 2.75) is 13.8 Å². The van der Waals surface area contributed by atoms with Crippen LogP contribution in [0.1, 0.15) is 19.6 Å². The lowest BCUT2D eigenvalue weighted by atomic mass is 10.1. The Balaban J connectivity index is 2.32. The van der Waals surface area contributed by atoms with Gasteiger partial charge in [0.25, 0.3) is 0 Å². The summed E-state index contributed by atoms with van der Waals surface area (Å²) < 4.78 is 6.04. The zero-order chi connectivity index (χ0) is 14.7. The first-order valence-corrected chi connectivity index (χ1v) is 6.93. The van der Waals surface area contributed by atoms with Crippen molar-refractivity contribution < 1.29 is 4.42 Å². The minimum atomic E-state index is 0.772. The van der Waals surface area contributed by atoms with Crippen molar-refractivity contribution in [2.75, 3.05) is 0 Å². The standard InChI is InChI=1S/C18H16N2O/c1-3-8-16-17(19-4-2)14-10-7-9-13(18(14)21-16)15-11-5-6-12-20-15/h3-12H,1-2H3/b8-3-,19-4?. The molecule has 21 heavy (non-hydrogen) atoms. The number of benzene rings is 1. The Morgan fingerprint density at radius 3 is 2.71 bits per heavy atom. The molecule has 3 rings (SSSR count). The highest BCUT2D eigenvalue weighted by Crippen LogP contribution is 2.38. The fourth-order valence-corrected chi connectivity index (χ4v) is 2.37. The van der Waals surface area contributed by atoms with E-state index in [0.717, 1.165) is 33.7 Å². The summed E-state index contributed by atoms with van der Waals surface area (Å²) in [5.74, 6) is 0.772. The third-order valence-electron chi connectivity index (χ3n) is 3.23. The highest BCUT2D eigenvalue weighted by atomic mass is 16.3. The number of aromatic nitrogens is 1. The van der Waals surface area contributed by atoms with E-state index >= 15 is 0 Å². The van der Waals surface area contributed by atoms with Gasteiger partial charge >= 0.3 is 0 Å². The predicted molar refractivity (Wildman–Crippen MR) is 88.0 cm³/mol. The summed E-state index contributed by atoms with van der Waals surface area (Å²) in [4.78, 5) is 8.87. The molecule has 0 aliphatic rings. The van der Waals surface area contributed by atoms with Crippen LogP contribution in [0.3, 0.4) is 0 Å². The number of allylic oxidation sites excluding steroid dienone is 1. The molecule has 0 N–H and O–H groups in total. The van der Waals surface area contributed by atoms with Crippen molar-refractivity contribution in [1.29, 1.82) is 0 Å². The van der Waals surface area contributed by atoms with Crippen molar-refractivity contribution in [2.24, 2.45) is 4.99 Å². The normalized spacial score (nSPS) is 11.9. The molecule has 2 heterocycles. The molecular formula is C18H16N2O. The van der Waals surface area contributed by atoms with Gasteiger partial charge < -0.3 is 4.42 Å². The monoisotopic (exact) mass is 276 g/mol. The third kappa shape index (κ3) is 2.38. The first-order valence-electron chi connectivity index (χ1n) is 6.93. The molecule has 0 saturated carbocycles. The molecular weight excluding hydrogens is 260 g/mol. The summed E-state index contributed by atoms with van der Waals surface area (Å²) in [6.07, 6.45) is 7.46. The molecule has 0 atom stereocenters. The summed E-state index contributed by atoms with van der Waals surface area (Å²) in [5, 5.41) is 1.00. The largest absolute Gasteiger partial charge is 0.454 e. The molecule has 3 aromatic rings. The second kappa shape index (κ2) is 5.75. The molecule has 0 radical (unpaired) electrons. The number of fused-ring (bicyclic) bond motifs is 1. The Hall–Kier alpha value is -2.68. The number of hydrogen-bond acceptors (Lipinski definition) is 3. The van der Waals surface area contributed by atoms with E-state index in [1.165, 1.54) is 0 Å². The van der Waals surface area contributed by atoms with Gasteiger partial charge in [-0.1, -0.05) is 18.2 Å². The summed E-state index contributed by atoms with van der Waals surface area (Å²) in [6.45, 7) is 3.87. The number of para-hydroxylation sites is 1. The molecule has 104 valence electrons. The Morgan fingerprint density at radius 1 is 1.10 bits per heavy atom. The van der Waals surface area contributed by atoms with Crippen LogP contribution in [0.5, 0.6) is 0 Å². The first-order chi connectivity index (χ1) is 10.3. The Morgan fingerprint density at radius 2 is 2.00 bits per heavy atom. The van der Waals surface area contributed by atoms with Crippen LogP contribution >= 0.6 is 0 Å². The molecule has 0 unspecified atom stereocenters. The van der Waals surface area contributed by atoms with Gasteiger partial charge in [0.15, 0.2) is 5.76 Å². The maximum atomic E-state index is 6.04. The van der Waals surface area contributed by atoms with Crippen LogP contribution in [0.2, 0.25) is 0 Å². The quantitative estimate of drug-likeness (QED) is 0.613. The van der Waals surface area contributed by atoms with Crippen molar-refractivity contribution >= 4 is 28.9 Å². The average molecular weight is 276 g/mol. The average Bonchev–Trinajstić information content (AvgIpc) is 2.87. The summed E-state index contributed by atoms with van der Waals surface area (Å²) >= 11 is 0. The van der Waals surface area contributed by atoms with Crippen LogP contribution in [0, 0.1) is 0 Å². The molecule has 0 spiro atoms. The lowest BCUT2D eigenvalue weighted by molar-refractivity contribution is 0.606. The Kier molecular flexibility index (Phi) is 3.65. The topological polar surface area (TPSA) is 38.4 Å². The third-order valence-corrected chi connectivity index (χ3v) is 3.23. The van der Waals surface area contributed by atoms with E-state index in [9.17, 15) is 0 Å². The smallest absolute Gasteiger partial charge is 0.153 e. The summed E-state index contributed by atoms with van der Waals surface area (Å²) in [5.41, 5.74) is 3.57. The summed E-state index contributed by atoms with van der Waals surface area (Å²) in [6, 6.07) is 11.9. The lowest BCUT2D eigenvalue weighted by Gasteiger charge is -2.00. The minimum absolute atomic E-state index is 0.772. The van der Waals surface area contributed by atoms with Crippen molar-refractivity contribution in [3.05, 3.63) is 54.4 Å². The minimum Gasteiger partial charge on any atom is -0.454 e. The molecule has 0 aliphatic heterocycles. The van der Waals surface area contributed by atoms with E-state index in [1.54, 1.807) is 12.4 Å². The van der Waals surface area contributed by atoms with Gasteiger partial charge in [-0.05, 0) is 44.2 Å². The zero-order valence-electron chi connectivity index (χ0n) is 12.1. The molecule has 2 aromatic heterocycles. The van der Waals surface area contributed by atoms with Gasteiger partial charge in [0.05, 0.1) is 5.69 Å². The van der Waals surface area contributed by atoms with Gasteiger partial charge in [-0.3, -0.25) is 9.98 Å². The van der Waals surface area contributed by atoms with Crippen molar-refractivity contribution in [3.8, 4) is 11.3 Å². The Labute approximate surface area is 123 Å². The number of nitrogens with zero attached hydrogens (tertiary/aromatic N) is 2. The van der Waals surface area contributed by atoms with Crippen LogP contribution in [0.25, 0.3) is 28.3 Å². The van der Waals surface area contributed by atoms with Crippen molar-refractivity contribution in [1.82, 2.24) is 4.98 Å². The van der Waals surface area contributed by atoms with Gasteiger partial charge in [0.2, 0.25) is 0 Å². The Bertz CT molecular complexity index is 814. The van der Waals surface area contributed by atoms with E-state index in [1.807, 2.05) is 62.4 Å². The molecule has 1 aromatic carbocycles. The zero-order valence-corrected chi connectivity index (χ0v) is 12.1. The van der Waals surface area contributed by atoms with Crippen LogP contribution in [-0.2, 0) is 0 Å². The van der Waals surface area contributed by atoms with Gasteiger partial charge in [0.1, 0.15) is 11.3 Å². The number of rotatable bonds is 3. The fourth-order valence-electron chi connectivity index (χ4n) is 2.37. The molecule has 0 amide bonds. The fraction of sp³-hybridized carbons (Fsp3) is 0.111. The van der Waals surface area contributed by atoms with Crippen LogP contribution in [0.15, 0.2) is 58.1 Å². The number of pyridine rings is 1. The van der Waals surface area contributed by atoms with E-state index in [0.29, 0.717) is 0 Å². The summed E-state index contributed by atoms with van der Waals surface area (Å²) in [7, 11) is 0. The number of hydrogen-bond donors (Lipinski definition) is 0. The van der Waals surface area contributed by atoms with Gasteiger partial charge in [-0.25, -0.2) is 0 Å². The van der Waals surface area contributed by atoms with E-state index < -0.39 is 0 Å². The van der Waals surface area contributed by atoms with Gasteiger partial charge in [0, 0.05) is 23.4 Å². The molecule has 0 fully saturated rings. The second-order valence-electron chi connectivity index (χ2n) is 4.60. The molecule has 3 heteroatoms.